The van der Waals surface area contributed by atoms with Gasteiger partial charge in [0, 0.05) is 25.2 Å². The maximum atomic E-state index is 3.79. The predicted molar refractivity (Wildman–Crippen MR) is 92.7 cm³/mol. The van der Waals surface area contributed by atoms with Crippen molar-refractivity contribution in [2.24, 2.45) is 11.3 Å². The zero-order valence-electron chi connectivity index (χ0n) is 15.0. The summed E-state index contributed by atoms with van der Waals surface area (Å²) in [5.41, 5.74) is 0.555. The van der Waals surface area contributed by atoms with E-state index in [-0.39, 0.29) is 0 Å². The van der Waals surface area contributed by atoms with Crippen molar-refractivity contribution in [3.63, 3.8) is 0 Å². The molecule has 21 heavy (non-hydrogen) atoms. The average Bonchev–Trinajstić information content (AvgIpc) is 2.80. The molecule has 2 nitrogen and oxygen atoms in total. The Balaban J connectivity index is 1.97. The molecule has 2 heteroatoms. The van der Waals surface area contributed by atoms with Gasteiger partial charge in [-0.15, -0.1) is 0 Å². The van der Waals surface area contributed by atoms with Crippen LogP contribution in [0.4, 0.5) is 0 Å². The molecule has 0 bridgehead atoms. The van der Waals surface area contributed by atoms with Gasteiger partial charge in [-0.3, -0.25) is 4.90 Å². The smallest absolute Gasteiger partial charge is 0.00962 e. The quantitative estimate of drug-likeness (QED) is 0.746. The molecule has 0 aromatic carbocycles. The molecule has 0 radical (unpaired) electrons. The van der Waals surface area contributed by atoms with Gasteiger partial charge in [0.15, 0.2) is 0 Å². The summed E-state index contributed by atoms with van der Waals surface area (Å²) in [6.45, 7) is 13.2. The summed E-state index contributed by atoms with van der Waals surface area (Å²) in [6.07, 6.45) is 11.4. The molecular formula is C19H38N2. The third-order valence-corrected chi connectivity index (χ3v) is 5.91. The molecule has 2 aliphatic rings. The normalized spacial score (nSPS) is 30.1. The zero-order valence-corrected chi connectivity index (χ0v) is 15.0. The summed E-state index contributed by atoms with van der Waals surface area (Å²) in [5.74, 6) is 0.764. The molecule has 124 valence electrons. The van der Waals surface area contributed by atoms with Gasteiger partial charge in [-0.2, -0.15) is 0 Å². The van der Waals surface area contributed by atoms with Gasteiger partial charge in [-0.25, -0.2) is 0 Å². The second kappa shape index (κ2) is 7.97. The summed E-state index contributed by atoms with van der Waals surface area (Å²) in [4.78, 5) is 2.86. The van der Waals surface area contributed by atoms with E-state index in [1.165, 1.54) is 71.0 Å². The van der Waals surface area contributed by atoms with Crippen LogP contribution in [0.1, 0.15) is 79.1 Å². The molecule has 1 heterocycles. The van der Waals surface area contributed by atoms with Gasteiger partial charge in [0.1, 0.15) is 0 Å². The number of hydrogen-bond acceptors (Lipinski definition) is 2. The number of rotatable bonds is 7. The molecule has 2 rings (SSSR count). The Kier molecular flexibility index (Phi) is 6.55. The fraction of sp³-hybridized carbons (Fsp3) is 1.00. The number of nitrogens with zero attached hydrogens (tertiary/aromatic N) is 1. The molecule has 1 N–H and O–H groups in total. The van der Waals surface area contributed by atoms with Gasteiger partial charge >= 0.3 is 0 Å². The van der Waals surface area contributed by atoms with Crippen molar-refractivity contribution in [1.29, 1.82) is 0 Å². The molecule has 2 atom stereocenters. The lowest BCUT2D eigenvalue weighted by Gasteiger charge is -2.43. The van der Waals surface area contributed by atoms with Gasteiger partial charge < -0.3 is 5.32 Å². The summed E-state index contributed by atoms with van der Waals surface area (Å²) >= 11 is 0. The highest BCUT2D eigenvalue weighted by atomic mass is 15.2. The largest absolute Gasteiger partial charge is 0.316 e. The fourth-order valence-corrected chi connectivity index (χ4v) is 4.55. The van der Waals surface area contributed by atoms with Crippen LogP contribution in [0.25, 0.3) is 0 Å². The molecule has 1 saturated heterocycles. The van der Waals surface area contributed by atoms with E-state index in [2.05, 4.69) is 37.9 Å². The molecule has 0 aromatic rings. The highest BCUT2D eigenvalue weighted by Crippen LogP contribution is 2.39. The lowest BCUT2D eigenvalue weighted by Crippen LogP contribution is -2.49. The van der Waals surface area contributed by atoms with Gasteiger partial charge in [-0.1, -0.05) is 40.0 Å². The van der Waals surface area contributed by atoms with E-state index < -0.39 is 0 Å². The van der Waals surface area contributed by atoms with E-state index in [4.69, 9.17) is 0 Å². The van der Waals surface area contributed by atoms with E-state index in [1.807, 2.05) is 0 Å². The second-order valence-corrected chi connectivity index (χ2v) is 8.25. The van der Waals surface area contributed by atoms with Crippen molar-refractivity contribution in [3.05, 3.63) is 0 Å². The lowest BCUT2D eigenvalue weighted by molar-refractivity contribution is 0.0729. The Morgan fingerprint density at radius 1 is 1.14 bits per heavy atom. The maximum Gasteiger partial charge on any atom is 0.00962 e. The Morgan fingerprint density at radius 2 is 1.86 bits per heavy atom. The molecule has 0 amide bonds. The molecule has 2 fully saturated rings. The van der Waals surface area contributed by atoms with Crippen LogP contribution in [0.5, 0.6) is 0 Å². The molecule has 1 aliphatic heterocycles. The summed E-state index contributed by atoms with van der Waals surface area (Å²) in [6, 6.07) is 1.66. The number of likely N-dealkylation sites (tertiary alicyclic amines) is 1. The van der Waals surface area contributed by atoms with Gasteiger partial charge in [0.05, 0.1) is 0 Å². The Hall–Kier alpha value is -0.0800. The van der Waals surface area contributed by atoms with E-state index in [9.17, 15) is 0 Å². The van der Waals surface area contributed by atoms with Crippen molar-refractivity contribution >= 4 is 0 Å². The molecule has 0 spiro atoms. The van der Waals surface area contributed by atoms with Crippen molar-refractivity contribution in [1.82, 2.24) is 10.2 Å². The van der Waals surface area contributed by atoms with Crippen LogP contribution in [0.2, 0.25) is 0 Å². The summed E-state index contributed by atoms with van der Waals surface area (Å²) in [7, 11) is 0. The third kappa shape index (κ3) is 4.69. The van der Waals surface area contributed by atoms with Gasteiger partial charge in [0.25, 0.3) is 0 Å². The second-order valence-electron chi connectivity index (χ2n) is 8.25. The first kappa shape index (κ1) is 17.3. The Morgan fingerprint density at radius 3 is 2.48 bits per heavy atom. The first-order valence-corrected chi connectivity index (χ1v) is 9.53. The standard InChI is InChI=1S/C19H38N2/c1-5-18-10-9-17(4)21(18)15-19(11-7-6-8-12-19)14-20-13-16(2)3/h16-18,20H,5-15H2,1-4H3. The van der Waals surface area contributed by atoms with Crippen molar-refractivity contribution in [2.45, 2.75) is 91.1 Å². The maximum absolute atomic E-state index is 3.79. The van der Waals surface area contributed by atoms with Crippen molar-refractivity contribution < 1.29 is 0 Å². The third-order valence-electron chi connectivity index (χ3n) is 5.91. The van der Waals surface area contributed by atoms with Crippen molar-refractivity contribution in [2.75, 3.05) is 19.6 Å². The SMILES string of the molecule is CCC1CCC(C)N1CC1(CNCC(C)C)CCCCC1. The summed E-state index contributed by atoms with van der Waals surface area (Å²) < 4.78 is 0. The van der Waals surface area contributed by atoms with Crippen LogP contribution in [0, 0.1) is 11.3 Å². The molecule has 0 aromatic heterocycles. The molecular weight excluding hydrogens is 256 g/mol. The molecule has 1 saturated carbocycles. The minimum atomic E-state index is 0.555. The van der Waals surface area contributed by atoms with E-state index in [0.717, 1.165) is 18.0 Å². The van der Waals surface area contributed by atoms with Crippen LogP contribution in [-0.2, 0) is 0 Å². The van der Waals surface area contributed by atoms with Gasteiger partial charge in [0.2, 0.25) is 0 Å². The number of nitrogens with one attached hydrogen (secondary N) is 1. The minimum Gasteiger partial charge on any atom is -0.316 e. The summed E-state index contributed by atoms with van der Waals surface area (Å²) in [5, 5.41) is 3.79. The topological polar surface area (TPSA) is 15.3 Å². The Labute approximate surface area is 133 Å². The first-order valence-electron chi connectivity index (χ1n) is 9.53. The highest BCUT2D eigenvalue weighted by Gasteiger charge is 2.38. The average molecular weight is 295 g/mol. The Bertz CT molecular complexity index is 294. The van der Waals surface area contributed by atoms with E-state index in [0.29, 0.717) is 5.41 Å². The monoisotopic (exact) mass is 294 g/mol. The molecule has 2 unspecified atom stereocenters. The van der Waals surface area contributed by atoms with Crippen LogP contribution in [-0.4, -0.2) is 36.6 Å². The highest BCUT2D eigenvalue weighted by molar-refractivity contribution is 4.93. The molecule has 1 aliphatic carbocycles. The van der Waals surface area contributed by atoms with E-state index >= 15 is 0 Å². The van der Waals surface area contributed by atoms with Crippen LogP contribution in [0.3, 0.4) is 0 Å². The number of hydrogen-bond donors (Lipinski definition) is 1. The van der Waals surface area contributed by atoms with Crippen LogP contribution >= 0.6 is 0 Å². The first-order chi connectivity index (χ1) is 10.1. The lowest BCUT2D eigenvalue weighted by atomic mass is 9.73. The van der Waals surface area contributed by atoms with Gasteiger partial charge in [-0.05, 0) is 56.9 Å². The fourth-order valence-electron chi connectivity index (χ4n) is 4.55. The van der Waals surface area contributed by atoms with E-state index in [1.54, 1.807) is 0 Å². The van der Waals surface area contributed by atoms with Crippen LogP contribution < -0.4 is 5.32 Å². The minimum absolute atomic E-state index is 0.555. The zero-order chi connectivity index (χ0) is 15.3. The van der Waals surface area contributed by atoms with Crippen molar-refractivity contribution in [3.8, 4) is 0 Å². The predicted octanol–water partition coefficient (Wildman–Crippen LogP) is 4.45. The van der Waals surface area contributed by atoms with Crippen LogP contribution in [0.15, 0.2) is 0 Å².